The maximum atomic E-state index is 11.0. The summed E-state index contributed by atoms with van der Waals surface area (Å²) in [5, 5.41) is 3.26. The number of nitrogens with one attached hydrogen (secondary N) is 2. The first-order valence-corrected chi connectivity index (χ1v) is 5.13. The van der Waals surface area contributed by atoms with E-state index in [-0.39, 0.29) is 5.54 Å². The lowest BCUT2D eigenvalue weighted by Gasteiger charge is -2.41. The lowest BCUT2D eigenvalue weighted by Crippen LogP contribution is -2.56. The lowest BCUT2D eigenvalue weighted by atomic mass is 9.88. The molecule has 1 aromatic heterocycles. The zero-order valence-electron chi connectivity index (χ0n) is 8.87. The van der Waals surface area contributed by atoms with Crippen LogP contribution in [0.4, 0.5) is 0 Å². The van der Waals surface area contributed by atoms with Crippen LogP contribution < -0.4 is 11.1 Å². The van der Waals surface area contributed by atoms with Gasteiger partial charge in [0.05, 0.1) is 24.3 Å². The second-order valence-corrected chi connectivity index (χ2v) is 4.05. The Labute approximate surface area is 91.4 Å². The van der Waals surface area contributed by atoms with E-state index in [1.807, 2.05) is 19.2 Å². The van der Waals surface area contributed by atoms with E-state index in [9.17, 15) is 4.79 Å². The van der Waals surface area contributed by atoms with Crippen molar-refractivity contribution in [3.63, 3.8) is 0 Å². The zero-order valence-corrected chi connectivity index (χ0v) is 8.87. The summed E-state index contributed by atoms with van der Waals surface area (Å²) in [4.78, 5) is 13.7. The molecule has 1 aliphatic rings. The Morgan fingerprint density at radius 2 is 2.25 bits per heavy atom. The van der Waals surface area contributed by atoms with Gasteiger partial charge in [0.15, 0.2) is 5.58 Å². The van der Waals surface area contributed by atoms with Gasteiger partial charge in [-0.3, -0.25) is 4.98 Å². The summed E-state index contributed by atoms with van der Waals surface area (Å²) < 4.78 is 10.2. The first-order chi connectivity index (χ1) is 7.73. The van der Waals surface area contributed by atoms with Crippen LogP contribution in [0.5, 0.6) is 0 Å². The molecule has 2 aromatic rings. The van der Waals surface area contributed by atoms with E-state index >= 15 is 0 Å². The van der Waals surface area contributed by atoms with Crippen molar-refractivity contribution in [1.29, 1.82) is 0 Å². The van der Waals surface area contributed by atoms with Crippen LogP contribution in [0.15, 0.2) is 27.4 Å². The van der Waals surface area contributed by atoms with Crippen LogP contribution in [0, 0.1) is 0 Å². The largest absolute Gasteiger partial charge is 0.417 e. The summed E-state index contributed by atoms with van der Waals surface area (Å²) in [7, 11) is 1.91. The van der Waals surface area contributed by atoms with E-state index in [0.29, 0.717) is 18.8 Å². The van der Waals surface area contributed by atoms with E-state index in [1.54, 1.807) is 6.07 Å². The minimum atomic E-state index is -0.421. The molecule has 1 fully saturated rings. The van der Waals surface area contributed by atoms with Crippen LogP contribution >= 0.6 is 0 Å². The SMILES string of the molecule is CNC1(c2ccc3oc(=O)[nH]c3c2)COC1. The monoisotopic (exact) mass is 220 g/mol. The van der Waals surface area contributed by atoms with E-state index in [1.165, 1.54) is 0 Å². The van der Waals surface area contributed by atoms with Gasteiger partial charge in [-0.25, -0.2) is 4.79 Å². The predicted octanol–water partition coefficient (Wildman–Crippen LogP) is 0.566. The number of likely N-dealkylation sites (N-methyl/N-ethyl adjacent to an activating group) is 1. The molecule has 0 atom stereocenters. The van der Waals surface area contributed by atoms with Crippen molar-refractivity contribution in [2.75, 3.05) is 20.3 Å². The van der Waals surface area contributed by atoms with Gasteiger partial charge < -0.3 is 14.5 Å². The predicted molar refractivity (Wildman–Crippen MR) is 58.4 cm³/mol. The molecule has 1 aromatic carbocycles. The van der Waals surface area contributed by atoms with Gasteiger partial charge in [-0.15, -0.1) is 0 Å². The molecule has 3 rings (SSSR count). The van der Waals surface area contributed by atoms with Crippen LogP contribution in [0.2, 0.25) is 0 Å². The first-order valence-electron chi connectivity index (χ1n) is 5.13. The van der Waals surface area contributed by atoms with Crippen molar-refractivity contribution in [2.45, 2.75) is 5.54 Å². The van der Waals surface area contributed by atoms with Crippen LogP contribution in [0.1, 0.15) is 5.56 Å². The van der Waals surface area contributed by atoms with Gasteiger partial charge in [0.25, 0.3) is 0 Å². The van der Waals surface area contributed by atoms with Gasteiger partial charge in [-0.05, 0) is 24.7 Å². The standard InChI is InChI=1S/C11H12N2O3/c1-12-11(5-15-6-11)7-2-3-9-8(4-7)13-10(14)16-9/h2-4,12H,5-6H2,1H3,(H,13,14). The number of benzene rings is 1. The molecule has 0 saturated carbocycles. The molecule has 1 saturated heterocycles. The Morgan fingerprint density at radius 3 is 2.88 bits per heavy atom. The fourth-order valence-corrected chi connectivity index (χ4v) is 2.01. The Bertz CT molecular complexity index is 575. The Morgan fingerprint density at radius 1 is 1.44 bits per heavy atom. The minimum absolute atomic E-state index is 0.123. The molecule has 0 unspecified atom stereocenters. The molecule has 0 spiro atoms. The van der Waals surface area contributed by atoms with Crippen molar-refractivity contribution in [1.82, 2.24) is 10.3 Å². The number of aromatic amines is 1. The number of aromatic nitrogens is 1. The average molecular weight is 220 g/mol. The number of fused-ring (bicyclic) bond motifs is 1. The van der Waals surface area contributed by atoms with E-state index in [4.69, 9.17) is 9.15 Å². The third kappa shape index (κ3) is 1.22. The number of oxazole rings is 1. The lowest BCUT2D eigenvalue weighted by molar-refractivity contribution is -0.0747. The topological polar surface area (TPSA) is 67.3 Å². The molecule has 84 valence electrons. The second kappa shape index (κ2) is 3.20. The van der Waals surface area contributed by atoms with Crippen LogP contribution in [-0.2, 0) is 10.3 Å². The van der Waals surface area contributed by atoms with Gasteiger partial charge in [0, 0.05) is 0 Å². The maximum Gasteiger partial charge on any atom is 0.417 e. The summed E-state index contributed by atoms with van der Waals surface area (Å²) in [5.74, 6) is -0.421. The number of hydrogen-bond acceptors (Lipinski definition) is 4. The molecule has 0 amide bonds. The zero-order chi connectivity index (χ0) is 11.2. The van der Waals surface area contributed by atoms with Crippen molar-refractivity contribution in [3.8, 4) is 0 Å². The highest BCUT2D eigenvalue weighted by Crippen LogP contribution is 2.30. The smallest absolute Gasteiger partial charge is 0.408 e. The molecule has 0 aliphatic carbocycles. The molecule has 0 bridgehead atoms. The molecule has 16 heavy (non-hydrogen) atoms. The molecule has 2 N–H and O–H groups in total. The van der Waals surface area contributed by atoms with Crippen molar-refractivity contribution in [3.05, 3.63) is 34.3 Å². The number of rotatable bonds is 2. The molecule has 5 nitrogen and oxygen atoms in total. The minimum Gasteiger partial charge on any atom is -0.408 e. The van der Waals surface area contributed by atoms with E-state index < -0.39 is 5.76 Å². The van der Waals surface area contributed by atoms with Crippen molar-refractivity contribution < 1.29 is 9.15 Å². The number of ether oxygens (including phenoxy) is 1. The molecule has 1 aliphatic heterocycles. The Balaban J connectivity index is 2.14. The van der Waals surface area contributed by atoms with Crippen LogP contribution in [0.3, 0.4) is 0 Å². The molecule has 0 radical (unpaired) electrons. The normalized spacial score (nSPS) is 18.6. The van der Waals surface area contributed by atoms with E-state index in [0.717, 1.165) is 11.1 Å². The molecule has 5 heteroatoms. The third-order valence-corrected chi connectivity index (χ3v) is 3.15. The Hall–Kier alpha value is -1.59. The highest BCUT2D eigenvalue weighted by Gasteiger charge is 2.38. The average Bonchev–Trinajstić information content (AvgIpc) is 2.56. The van der Waals surface area contributed by atoms with Gasteiger partial charge >= 0.3 is 5.76 Å². The quantitative estimate of drug-likeness (QED) is 0.776. The fourth-order valence-electron chi connectivity index (χ4n) is 2.01. The van der Waals surface area contributed by atoms with Crippen molar-refractivity contribution in [2.24, 2.45) is 0 Å². The van der Waals surface area contributed by atoms with E-state index in [2.05, 4.69) is 10.3 Å². The fraction of sp³-hybridized carbons (Fsp3) is 0.364. The summed E-state index contributed by atoms with van der Waals surface area (Å²) in [6.07, 6.45) is 0. The molecule has 2 heterocycles. The Kier molecular flexibility index (Phi) is 1.92. The van der Waals surface area contributed by atoms with Gasteiger partial charge in [-0.2, -0.15) is 0 Å². The third-order valence-electron chi connectivity index (χ3n) is 3.15. The summed E-state index contributed by atoms with van der Waals surface area (Å²) in [6, 6.07) is 5.69. The van der Waals surface area contributed by atoms with Gasteiger partial charge in [0.1, 0.15) is 0 Å². The molecular formula is C11H12N2O3. The summed E-state index contributed by atoms with van der Waals surface area (Å²) >= 11 is 0. The highest BCUT2D eigenvalue weighted by atomic mass is 16.5. The molecular weight excluding hydrogens is 208 g/mol. The van der Waals surface area contributed by atoms with Crippen LogP contribution in [0.25, 0.3) is 11.1 Å². The van der Waals surface area contributed by atoms with Crippen LogP contribution in [-0.4, -0.2) is 25.2 Å². The summed E-state index contributed by atoms with van der Waals surface area (Å²) in [5.41, 5.74) is 2.29. The highest BCUT2D eigenvalue weighted by molar-refractivity contribution is 5.73. The number of hydrogen-bond donors (Lipinski definition) is 2. The van der Waals surface area contributed by atoms with Crippen molar-refractivity contribution >= 4 is 11.1 Å². The second-order valence-electron chi connectivity index (χ2n) is 4.05. The number of H-pyrrole nitrogens is 1. The summed E-state index contributed by atoms with van der Waals surface area (Å²) in [6.45, 7) is 1.30. The maximum absolute atomic E-state index is 11.0. The van der Waals surface area contributed by atoms with Gasteiger partial charge in [-0.1, -0.05) is 6.07 Å². The van der Waals surface area contributed by atoms with Gasteiger partial charge in [0.2, 0.25) is 0 Å². The first kappa shape index (κ1) is 9.62.